The van der Waals surface area contributed by atoms with Crippen molar-refractivity contribution >= 4 is 5.69 Å². The Balaban J connectivity index is 3.08. The van der Waals surface area contributed by atoms with E-state index in [4.69, 9.17) is 5.73 Å². The Morgan fingerprint density at radius 3 is 2.23 bits per heavy atom. The van der Waals surface area contributed by atoms with Crippen LogP contribution in [0.4, 0.5) is 5.69 Å². The maximum Gasteiger partial charge on any atom is 0.0930 e. The molecule has 1 aromatic carbocycles. The number of hydrogen-bond acceptors (Lipinski definition) is 2. The van der Waals surface area contributed by atoms with Gasteiger partial charge in [-0.1, -0.05) is 12.6 Å². The van der Waals surface area contributed by atoms with E-state index < -0.39 is 0 Å². The molecule has 0 radical (unpaired) electrons. The summed E-state index contributed by atoms with van der Waals surface area (Å²) in [4.78, 5) is 0. The fourth-order valence-corrected chi connectivity index (χ4v) is 1.27. The van der Waals surface area contributed by atoms with Gasteiger partial charge in [0.05, 0.1) is 5.82 Å². The predicted molar refractivity (Wildman–Crippen MR) is 57.6 cm³/mol. The standard InChI is InChI=1S/C11H16N2/c1-7-5-9(3)11(6-8(7)2)13-10(4)12/h5-6,13H,4,12H2,1-3H3. The quantitative estimate of drug-likeness (QED) is 0.726. The summed E-state index contributed by atoms with van der Waals surface area (Å²) in [6.45, 7) is 9.85. The Bertz CT molecular complexity index is 340. The molecule has 0 unspecified atom stereocenters. The molecule has 0 heterocycles. The molecule has 1 rings (SSSR count). The van der Waals surface area contributed by atoms with Gasteiger partial charge in [0.2, 0.25) is 0 Å². The lowest BCUT2D eigenvalue weighted by Crippen LogP contribution is -2.08. The molecule has 0 atom stereocenters. The summed E-state index contributed by atoms with van der Waals surface area (Å²) in [5, 5.41) is 3.02. The minimum absolute atomic E-state index is 0.478. The first-order valence-corrected chi connectivity index (χ1v) is 4.30. The van der Waals surface area contributed by atoms with Crippen LogP contribution >= 0.6 is 0 Å². The van der Waals surface area contributed by atoms with Crippen LogP contribution in [0.5, 0.6) is 0 Å². The Labute approximate surface area is 79.5 Å². The summed E-state index contributed by atoms with van der Waals surface area (Å²) in [5.41, 5.74) is 10.3. The summed E-state index contributed by atoms with van der Waals surface area (Å²) in [7, 11) is 0. The first-order chi connectivity index (χ1) is 6.00. The number of nitrogens with one attached hydrogen (secondary N) is 1. The normalized spacial score (nSPS) is 9.77. The van der Waals surface area contributed by atoms with Crippen molar-refractivity contribution in [1.82, 2.24) is 0 Å². The van der Waals surface area contributed by atoms with Crippen molar-refractivity contribution in [3.8, 4) is 0 Å². The van der Waals surface area contributed by atoms with E-state index in [1.54, 1.807) is 0 Å². The molecule has 3 N–H and O–H groups in total. The Hall–Kier alpha value is -1.44. The second-order valence-electron chi connectivity index (χ2n) is 3.40. The average molecular weight is 176 g/mol. The molecular weight excluding hydrogens is 160 g/mol. The summed E-state index contributed by atoms with van der Waals surface area (Å²) in [5.74, 6) is 0.478. The number of hydrogen-bond donors (Lipinski definition) is 2. The second-order valence-corrected chi connectivity index (χ2v) is 3.40. The fourth-order valence-electron chi connectivity index (χ4n) is 1.27. The molecule has 0 saturated heterocycles. The first-order valence-electron chi connectivity index (χ1n) is 4.30. The van der Waals surface area contributed by atoms with Crippen molar-refractivity contribution < 1.29 is 0 Å². The van der Waals surface area contributed by atoms with Gasteiger partial charge in [0.15, 0.2) is 0 Å². The van der Waals surface area contributed by atoms with Crippen LogP contribution in [0.3, 0.4) is 0 Å². The molecule has 2 nitrogen and oxygen atoms in total. The third kappa shape index (κ3) is 2.25. The van der Waals surface area contributed by atoms with Gasteiger partial charge < -0.3 is 11.1 Å². The molecule has 0 aliphatic rings. The summed E-state index contributed by atoms with van der Waals surface area (Å²) >= 11 is 0. The highest BCUT2D eigenvalue weighted by Gasteiger charge is 2.00. The maximum absolute atomic E-state index is 5.48. The average Bonchev–Trinajstić information content (AvgIpc) is 1.99. The summed E-state index contributed by atoms with van der Waals surface area (Å²) < 4.78 is 0. The van der Waals surface area contributed by atoms with E-state index in [-0.39, 0.29) is 0 Å². The van der Waals surface area contributed by atoms with Gasteiger partial charge >= 0.3 is 0 Å². The van der Waals surface area contributed by atoms with Crippen LogP contribution in [0.25, 0.3) is 0 Å². The van der Waals surface area contributed by atoms with Crippen molar-refractivity contribution in [2.24, 2.45) is 5.73 Å². The lowest BCUT2D eigenvalue weighted by molar-refractivity contribution is 1.26. The summed E-state index contributed by atoms with van der Waals surface area (Å²) in [6, 6.07) is 4.23. The molecule has 0 bridgehead atoms. The zero-order valence-electron chi connectivity index (χ0n) is 8.44. The van der Waals surface area contributed by atoms with E-state index in [0.29, 0.717) is 5.82 Å². The smallest absolute Gasteiger partial charge is 0.0930 e. The molecule has 0 aliphatic heterocycles. The van der Waals surface area contributed by atoms with E-state index in [2.05, 4.69) is 44.8 Å². The lowest BCUT2D eigenvalue weighted by Gasteiger charge is -2.11. The van der Waals surface area contributed by atoms with E-state index in [0.717, 1.165) is 5.69 Å². The van der Waals surface area contributed by atoms with Gasteiger partial charge in [0, 0.05) is 5.69 Å². The fraction of sp³-hybridized carbons (Fsp3) is 0.273. The molecule has 0 aromatic heterocycles. The van der Waals surface area contributed by atoms with Crippen molar-refractivity contribution in [3.05, 3.63) is 41.2 Å². The lowest BCUT2D eigenvalue weighted by atomic mass is 10.1. The van der Waals surface area contributed by atoms with Gasteiger partial charge in [-0.2, -0.15) is 0 Å². The number of aryl methyl sites for hydroxylation is 3. The number of rotatable bonds is 2. The molecule has 1 aromatic rings. The largest absolute Gasteiger partial charge is 0.386 e. The van der Waals surface area contributed by atoms with Crippen LogP contribution in [0.1, 0.15) is 16.7 Å². The Morgan fingerprint density at radius 2 is 1.69 bits per heavy atom. The van der Waals surface area contributed by atoms with Crippen molar-refractivity contribution in [1.29, 1.82) is 0 Å². The summed E-state index contributed by atoms with van der Waals surface area (Å²) in [6.07, 6.45) is 0. The van der Waals surface area contributed by atoms with Gasteiger partial charge in [-0.25, -0.2) is 0 Å². The molecule has 0 spiro atoms. The van der Waals surface area contributed by atoms with Gasteiger partial charge in [-0.05, 0) is 43.5 Å². The van der Waals surface area contributed by atoms with Crippen LogP contribution in [0, 0.1) is 20.8 Å². The van der Waals surface area contributed by atoms with Crippen LogP contribution in [0.15, 0.2) is 24.5 Å². The van der Waals surface area contributed by atoms with Crippen LogP contribution in [-0.2, 0) is 0 Å². The maximum atomic E-state index is 5.48. The zero-order chi connectivity index (χ0) is 10.0. The van der Waals surface area contributed by atoms with Gasteiger partial charge in [0.25, 0.3) is 0 Å². The van der Waals surface area contributed by atoms with E-state index >= 15 is 0 Å². The first kappa shape index (κ1) is 9.65. The number of nitrogens with two attached hydrogens (primary N) is 1. The SMILES string of the molecule is C=C(N)Nc1cc(C)c(C)cc1C. The van der Waals surface area contributed by atoms with Gasteiger partial charge in [0.1, 0.15) is 0 Å². The molecule has 0 fully saturated rings. The highest BCUT2D eigenvalue weighted by atomic mass is 15.0. The minimum Gasteiger partial charge on any atom is -0.386 e. The molecule has 2 heteroatoms. The molecule has 0 saturated carbocycles. The van der Waals surface area contributed by atoms with Crippen molar-refractivity contribution in [2.45, 2.75) is 20.8 Å². The van der Waals surface area contributed by atoms with Gasteiger partial charge in [-0.3, -0.25) is 0 Å². The predicted octanol–water partition coefficient (Wildman–Crippen LogP) is 2.45. The number of anilines is 1. The molecule has 70 valence electrons. The number of benzene rings is 1. The zero-order valence-corrected chi connectivity index (χ0v) is 8.44. The molecule has 13 heavy (non-hydrogen) atoms. The molecular formula is C11H16N2. The van der Waals surface area contributed by atoms with Crippen LogP contribution < -0.4 is 11.1 Å². The molecule has 0 aliphatic carbocycles. The van der Waals surface area contributed by atoms with E-state index in [9.17, 15) is 0 Å². The second kappa shape index (κ2) is 3.52. The van der Waals surface area contributed by atoms with E-state index in [1.807, 2.05) is 0 Å². The highest BCUT2D eigenvalue weighted by molar-refractivity contribution is 5.57. The molecule has 0 amide bonds. The topological polar surface area (TPSA) is 38.0 Å². The van der Waals surface area contributed by atoms with Crippen molar-refractivity contribution in [2.75, 3.05) is 5.32 Å². The third-order valence-electron chi connectivity index (χ3n) is 2.14. The van der Waals surface area contributed by atoms with E-state index in [1.165, 1.54) is 16.7 Å². The monoisotopic (exact) mass is 176 g/mol. The van der Waals surface area contributed by atoms with Crippen molar-refractivity contribution in [3.63, 3.8) is 0 Å². The van der Waals surface area contributed by atoms with Gasteiger partial charge in [-0.15, -0.1) is 0 Å². The van der Waals surface area contributed by atoms with Crippen LogP contribution in [0.2, 0.25) is 0 Å². The minimum atomic E-state index is 0.478. The Kier molecular flexibility index (Phi) is 2.61. The highest BCUT2D eigenvalue weighted by Crippen LogP contribution is 2.20. The third-order valence-corrected chi connectivity index (χ3v) is 2.14. The Morgan fingerprint density at radius 1 is 1.15 bits per heavy atom. The van der Waals surface area contributed by atoms with Crippen LogP contribution in [-0.4, -0.2) is 0 Å².